The fraction of sp³-hybridized carbons (Fsp3) is 0.200. The van der Waals surface area contributed by atoms with E-state index in [0.29, 0.717) is 12.1 Å². The molecule has 84 valence electrons. The van der Waals surface area contributed by atoms with Gasteiger partial charge in [0.15, 0.2) is 0 Å². The molecule has 1 aliphatic rings. The molecule has 1 heterocycles. The van der Waals surface area contributed by atoms with E-state index in [1.807, 2.05) is 0 Å². The van der Waals surface area contributed by atoms with Gasteiger partial charge in [-0.25, -0.2) is 13.2 Å². The van der Waals surface area contributed by atoms with Crippen LogP contribution in [0.3, 0.4) is 0 Å². The zero-order valence-electron chi connectivity index (χ0n) is 7.80. The van der Waals surface area contributed by atoms with Crippen LogP contribution in [0.5, 0.6) is 0 Å². The second-order valence-corrected chi connectivity index (χ2v) is 3.33. The van der Waals surface area contributed by atoms with E-state index in [-0.39, 0.29) is 0 Å². The summed E-state index contributed by atoms with van der Waals surface area (Å²) in [7, 11) is 0. The van der Waals surface area contributed by atoms with Crippen LogP contribution in [0.25, 0.3) is 0 Å². The van der Waals surface area contributed by atoms with Gasteiger partial charge in [-0.3, -0.25) is 9.59 Å². The molecule has 0 amide bonds. The van der Waals surface area contributed by atoms with Gasteiger partial charge in [-0.15, -0.1) is 0 Å². The van der Waals surface area contributed by atoms with E-state index in [1.54, 1.807) is 0 Å². The van der Waals surface area contributed by atoms with Crippen molar-refractivity contribution >= 4 is 11.9 Å². The number of rotatable bonds is 1. The number of hydrogen-bond donors (Lipinski definition) is 0. The van der Waals surface area contributed by atoms with Crippen LogP contribution in [0.15, 0.2) is 12.1 Å². The first-order valence-corrected chi connectivity index (χ1v) is 4.38. The van der Waals surface area contributed by atoms with Gasteiger partial charge in [-0.05, 0) is 0 Å². The van der Waals surface area contributed by atoms with Gasteiger partial charge in [-0.1, -0.05) is 0 Å². The fourth-order valence-electron chi connectivity index (χ4n) is 1.58. The van der Waals surface area contributed by atoms with Crippen molar-refractivity contribution in [2.24, 2.45) is 0 Å². The predicted octanol–water partition coefficient (Wildman–Crippen LogP) is 1.66. The monoisotopic (exact) mass is 230 g/mol. The Morgan fingerprint density at radius 1 is 1.12 bits per heavy atom. The number of hydrogen-bond acceptors (Lipinski definition) is 3. The molecule has 1 aliphatic heterocycles. The van der Waals surface area contributed by atoms with Gasteiger partial charge < -0.3 is 4.74 Å². The standard InChI is InChI=1S/C10H5F3O3/c11-4-1-6(12)9(7(13)2-4)5-3-8(14)16-10(5)15/h1-2,5H,3H2. The average molecular weight is 230 g/mol. The van der Waals surface area contributed by atoms with Crippen LogP contribution in [0.2, 0.25) is 0 Å². The summed E-state index contributed by atoms with van der Waals surface area (Å²) < 4.78 is 43.3. The van der Waals surface area contributed by atoms with Gasteiger partial charge in [0.1, 0.15) is 17.5 Å². The average Bonchev–Trinajstić information content (AvgIpc) is 2.43. The Bertz CT molecular complexity index is 461. The van der Waals surface area contributed by atoms with Crippen LogP contribution in [0, 0.1) is 17.5 Å². The highest BCUT2D eigenvalue weighted by Gasteiger charge is 2.38. The van der Waals surface area contributed by atoms with Crippen molar-refractivity contribution in [1.82, 2.24) is 0 Å². The summed E-state index contributed by atoms with van der Waals surface area (Å²) in [6.07, 6.45) is -0.432. The summed E-state index contributed by atoms with van der Waals surface area (Å²) in [6.45, 7) is 0. The number of benzene rings is 1. The lowest BCUT2D eigenvalue weighted by Gasteiger charge is -2.07. The van der Waals surface area contributed by atoms with Gasteiger partial charge in [0.2, 0.25) is 0 Å². The van der Waals surface area contributed by atoms with Crippen LogP contribution < -0.4 is 0 Å². The number of carbonyl (C=O) groups is 2. The van der Waals surface area contributed by atoms with Crippen molar-refractivity contribution in [2.45, 2.75) is 12.3 Å². The largest absolute Gasteiger partial charge is 0.393 e. The first-order chi connectivity index (χ1) is 7.49. The maximum atomic E-state index is 13.3. The maximum Gasteiger partial charge on any atom is 0.321 e. The van der Waals surface area contributed by atoms with Crippen molar-refractivity contribution in [3.05, 3.63) is 35.1 Å². The molecule has 16 heavy (non-hydrogen) atoms. The Morgan fingerprint density at radius 3 is 2.12 bits per heavy atom. The second kappa shape index (κ2) is 3.62. The second-order valence-electron chi connectivity index (χ2n) is 3.33. The van der Waals surface area contributed by atoms with E-state index in [4.69, 9.17) is 0 Å². The van der Waals surface area contributed by atoms with E-state index in [1.165, 1.54) is 0 Å². The minimum Gasteiger partial charge on any atom is -0.393 e. The molecule has 0 saturated carbocycles. The number of esters is 2. The SMILES string of the molecule is O=C1CC(c2c(F)cc(F)cc2F)C(=O)O1. The molecule has 0 radical (unpaired) electrons. The minimum atomic E-state index is -1.33. The third kappa shape index (κ3) is 1.66. The molecule has 1 fully saturated rings. The summed E-state index contributed by atoms with van der Waals surface area (Å²) in [6, 6.07) is 0.906. The maximum absolute atomic E-state index is 13.3. The molecule has 1 saturated heterocycles. The third-order valence-corrected chi connectivity index (χ3v) is 2.26. The van der Waals surface area contributed by atoms with Crippen molar-refractivity contribution in [2.75, 3.05) is 0 Å². The third-order valence-electron chi connectivity index (χ3n) is 2.26. The van der Waals surface area contributed by atoms with Gasteiger partial charge in [-0.2, -0.15) is 0 Å². The molecular formula is C10H5F3O3. The highest BCUT2D eigenvalue weighted by Crippen LogP contribution is 2.31. The lowest BCUT2D eigenvalue weighted by Crippen LogP contribution is -2.10. The minimum absolute atomic E-state index is 0.432. The summed E-state index contributed by atoms with van der Waals surface area (Å²) in [5.41, 5.74) is -0.628. The molecule has 1 unspecified atom stereocenters. The Hall–Kier alpha value is -1.85. The smallest absolute Gasteiger partial charge is 0.321 e. The molecule has 1 aromatic rings. The highest BCUT2D eigenvalue weighted by molar-refractivity contribution is 5.97. The number of halogens is 3. The molecule has 0 aromatic heterocycles. The predicted molar refractivity (Wildman–Crippen MR) is 44.8 cm³/mol. The molecule has 1 aromatic carbocycles. The summed E-state index contributed by atoms with van der Waals surface area (Å²) in [4.78, 5) is 21.9. The molecule has 1 atom stereocenters. The van der Waals surface area contributed by atoms with Crippen LogP contribution >= 0.6 is 0 Å². The van der Waals surface area contributed by atoms with Crippen molar-refractivity contribution in [3.63, 3.8) is 0 Å². The van der Waals surface area contributed by atoms with Gasteiger partial charge in [0, 0.05) is 17.7 Å². The van der Waals surface area contributed by atoms with Crippen molar-refractivity contribution in [3.8, 4) is 0 Å². The molecule has 0 N–H and O–H groups in total. The van der Waals surface area contributed by atoms with E-state index in [9.17, 15) is 22.8 Å². The van der Waals surface area contributed by atoms with E-state index in [0.717, 1.165) is 0 Å². The van der Waals surface area contributed by atoms with E-state index < -0.39 is 47.3 Å². The van der Waals surface area contributed by atoms with Crippen LogP contribution in [-0.2, 0) is 14.3 Å². The Labute approximate surface area is 87.8 Å². The van der Waals surface area contributed by atoms with Crippen molar-refractivity contribution in [1.29, 1.82) is 0 Å². The summed E-state index contributed by atoms with van der Waals surface area (Å²) in [5.74, 6) is -6.68. The topological polar surface area (TPSA) is 43.4 Å². The molecular weight excluding hydrogens is 225 g/mol. The Morgan fingerprint density at radius 2 is 1.69 bits per heavy atom. The number of cyclic esters (lactones) is 2. The number of ether oxygens (including phenoxy) is 1. The first kappa shape index (κ1) is 10.7. The molecule has 3 nitrogen and oxygen atoms in total. The summed E-state index contributed by atoms with van der Waals surface area (Å²) in [5, 5.41) is 0. The van der Waals surface area contributed by atoms with E-state index >= 15 is 0 Å². The molecule has 2 rings (SSSR count). The first-order valence-electron chi connectivity index (χ1n) is 4.38. The summed E-state index contributed by atoms with van der Waals surface area (Å²) >= 11 is 0. The van der Waals surface area contributed by atoms with Gasteiger partial charge >= 0.3 is 11.9 Å². The number of carbonyl (C=O) groups excluding carboxylic acids is 2. The van der Waals surface area contributed by atoms with E-state index in [2.05, 4.69) is 4.74 Å². The Kier molecular flexibility index (Phi) is 2.41. The van der Waals surface area contributed by atoms with Crippen LogP contribution in [-0.4, -0.2) is 11.9 Å². The van der Waals surface area contributed by atoms with Crippen molar-refractivity contribution < 1.29 is 27.5 Å². The Balaban J connectivity index is 2.48. The highest BCUT2D eigenvalue weighted by atomic mass is 19.1. The molecule has 0 spiro atoms. The van der Waals surface area contributed by atoms with Crippen LogP contribution in [0.1, 0.15) is 17.9 Å². The molecule has 6 heteroatoms. The van der Waals surface area contributed by atoms with Crippen LogP contribution in [0.4, 0.5) is 13.2 Å². The lowest BCUT2D eigenvalue weighted by atomic mass is 9.96. The quantitative estimate of drug-likeness (QED) is 0.544. The molecule has 0 aliphatic carbocycles. The zero-order valence-corrected chi connectivity index (χ0v) is 7.80. The normalized spacial score (nSPS) is 20.1. The lowest BCUT2D eigenvalue weighted by molar-refractivity contribution is -0.152. The zero-order chi connectivity index (χ0) is 11.9. The van der Waals surface area contributed by atoms with Gasteiger partial charge in [0.25, 0.3) is 0 Å². The fourth-order valence-corrected chi connectivity index (χ4v) is 1.58. The van der Waals surface area contributed by atoms with Gasteiger partial charge in [0.05, 0.1) is 12.3 Å². The molecule has 0 bridgehead atoms.